The van der Waals surface area contributed by atoms with Gasteiger partial charge in [0.05, 0.1) is 20.1 Å². The third-order valence-corrected chi connectivity index (χ3v) is 7.88. The van der Waals surface area contributed by atoms with E-state index in [0.717, 1.165) is 6.42 Å². The van der Waals surface area contributed by atoms with E-state index in [-0.39, 0.29) is 48.6 Å². The Kier molecular flexibility index (Phi) is 7.97. The minimum atomic E-state index is -3.83. The van der Waals surface area contributed by atoms with Gasteiger partial charge in [-0.25, -0.2) is 13.2 Å². The highest BCUT2D eigenvalue weighted by Gasteiger charge is 2.37. The van der Waals surface area contributed by atoms with Crippen LogP contribution in [0.2, 0.25) is 0 Å². The topological polar surface area (TPSA) is 106 Å². The second kappa shape index (κ2) is 10.4. The lowest BCUT2D eigenvalue weighted by atomic mass is 9.96. The lowest BCUT2D eigenvalue weighted by Gasteiger charge is -2.38. The van der Waals surface area contributed by atoms with E-state index in [1.54, 1.807) is 21.9 Å². The van der Waals surface area contributed by atoms with Crippen molar-refractivity contribution in [2.24, 2.45) is 5.92 Å². The molecular weight excluding hydrogens is 462 g/mol. The second-order valence-corrected chi connectivity index (χ2v) is 11.4. The number of carbonyl (C=O) groups excluding carboxylic acids is 2. The maximum Gasteiger partial charge on any atom is 0.410 e. The summed E-state index contributed by atoms with van der Waals surface area (Å²) in [5, 5.41) is 0. The summed E-state index contributed by atoms with van der Waals surface area (Å²) >= 11 is 0. The first-order valence-corrected chi connectivity index (χ1v) is 12.9. The van der Waals surface area contributed by atoms with Gasteiger partial charge in [0, 0.05) is 45.3 Å². The molecule has 0 N–H and O–H groups in total. The van der Waals surface area contributed by atoms with Crippen LogP contribution < -0.4 is 9.47 Å². The number of rotatable bonds is 5. The van der Waals surface area contributed by atoms with Crippen LogP contribution in [0.3, 0.4) is 0 Å². The van der Waals surface area contributed by atoms with E-state index in [4.69, 9.17) is 14.2 Å². The number of likely N-dealkylation sites (tertiary alicyclic amines) is 1. The number of sulfonamides is 1. The molecule has 34 heavy (non-hydrogen) atoms. The molecule has 2 amide bonds. The van der Waals surface area contributed by atoms with Gasteiger partial charge >= 0.3 is 6.09 Å². The van der Waals surface area contributed by atoms with Gasteiger partial charge in [0.15, 0.2) is 0 Å². The van der Waals surface area contributed by atoms with Gasteiger partial charge < -0.3 is 24.0 Å². The van der Waals surface area contributed by atoms with Gasteiger partial charge in [-0.2, -0.15) is 4.31 Å². The van der Waals surface area contributed by atoms with Crippen molar-refractivity contribution >= 4 is 22.0 Å². The Morgan fingerprint density at radius 1 is 0.971 bits per heavy atom. The first-order chi connectivity index (χ1) is 16.0. The van der Waals surface area contributed by atoms with Crippen LogP contribution in [0.1, 0.15) is 33.6 Å². The second-order valence-electron chi connectivity index (χ2n) is 9.51. The predicted molar refractivity (Wildman–Crippen MR) is 125 cm³/mol. The Morgan fingerprint density at radius 2 is 1.65 bits per heavy atom. The number of ether oxygens (including phenoxy) is 3. The van der Waals surface area contributed by atoms with E-state index in [9.17, 15) is 18.0 Å². The third-order valence-electron chi connectivity index (χ3n) is 5.96. The van der Waals surface area contributed by atoms with Gasteiger partial charge in [0.1, 0.15) is 22.0 Å². The van der Waals surface area contributed by atoms with Crippen LogP contribution >= 0.6 is 0 Å². The maximum atomic E-state index is 13.3. The van der Waals surface area contributed by atoms with Crippen LogP contribution in [0.4, 0.5) is 4.79 Å². The number of carbonyl (C=O) groups is 2. The van der Waals surface area contributed by atoms with Crippen LogP contribution in [-0.2, 0) is 19.6 Å². The summed E-state index contributed by atoms with van der Waals surface area (Å²) in [7, 11) is -0.939. The predicted octanol–water partition coefficient (Wildman–Crippen LogP) is 2.18. The van der Waals surface area contributed by atoms with Crippen molar-refractivity contribution in [1.29, 1.82) is 0 Å². The Balaban J connectivity index is 1.63. The zero-order valence-corrected chi connectivity index (χ0v) is 21.4. The molecule has 0 bridgehead atoms. The monoisotopic (exact) mass is 497 g/mol. The molecule has 2 aliphatic heterocycles. The molecule has 1 atom stereocenters. The summed E-state index contributed by atoms with van der Waals surface area (Å²) in [5.74, 6) is 0.288. The van der Waals surface area contributed by atoms with Crippen LogP contribution in [0.5, 0.6) is 11.5 Å². The zero-order valence-electron chi connectivity index (χ0n) is 20.6. The van der Waals surface area contributed by atoms with Gasteiger partial charge in [-0.3, -0.25) is 4.79 Å². The highest BCUT2D eigenvalue weighted by Crippen LogP contribution is 2.31. The van der Waals surface area contributed by atoms with E-state index >= 15 is 0 Å². The van der Waals surface area contributed by atoms with E-state index in [2.05, 4.69) is 0 Å². The molecule has 0 unspecified atom stereocenters. The molecule has 0 saturated carbocycles. The Labute approximate surface area is 201 Å². The van der Waals surface area contributed by atoms with Gasteiger partial charge in [-0.05, 0) is 45.7 Å². The Hall–Kier alpha value is -2.53. The molecule has 0 spiro atoms. The fourth-order valence-electron chi connectivity index (χ4n) is 4.20. The van der Waals surface area contributed by atoms with Crippen LogP contribution in [0, 0.1) is 5.92 Å². The molecule has 0 radical (unpaired) electrons. The van der Waals surface area contributed by atoms with Gasteiger partial charge in [0.2, 0.25) is 15.9 Å². The smallest absolute Gasteiger partial charge is 0.410 e. The summed E-state index contributed by atoms with van der Waals surface area (Å²) in [4.78, 5) is 28.9. The number of hydrogen-bond donors (Lipinski definition) is 0. The van der Waals surface area contributed by atoms with Crippen LogP contribution in [0.25, 0.3) is 0 Å². The van der Waals surface area contributed by atoms with E-state index in [1.807, 2.05) is 20.8 Å². The quantitative estimate of drug-likeness (QED) is 0.614. The first kappa shape index (κ1) is 26.1. The molecule has 3 rings (SSSR count). The minimum absolute atomic E-state index is 0.0365. The summed E-state index contributed by atoms with van der Waals surface area (Å²) in [5.41, 5.74) is -0.596. The standard InChI is InChI=1S/C23H35N3O7S/c1-23(2,3)33-22(28)25-10-6-7-17(16-25)21(27)24-11-13-26(14-12-24)34(29,30)20-15-18(31-4)8-9-19(20)32-5/h8-9,15,17H,6-7,10-14,16H2,1-5H3/t17-/m0/s1. The highest BCUT2D eigenvalue weighted by atomic mass is 32.2. The third kappa shape index (κ3) is 5.93. The SMILES string of the molecule is COc1ccc(OC)c(S(=O)(=O)N2CCN(C(=O)[C@H]3CCCN(C(=O)OC(C)(C)C)C3)CC2)c1. The van der Waals surface area contributed by atoms with Crippen molar-refractivity contribution in [3.05, 3.63) is 18.2 Å². The zero-order chi connectivity index (χ0) is 25.1. The summed E-state index contributed by atoms with van der Waals surface area (Å²) in [6, 6.07) is 4.64. The molecule has 2 fully saturated rings. The molecule has 1 aromatic rings. The van der Waals surface area contributed by atoms with E-state index in [1.165, 1.54) is 24.6 Å². The number of piperidine rings is 1. The van der Waals surface area contributed by atoms with Crippen LogP contribution in [-0.4, -0.2) is 93.6 Å². The lowest BCUT2D eigenvalue weighted by molar-refractivity contribution is -0.138. The van der Waals surface area contributed by atoms with Crippen molar-refractivity contribution in [2.45, 2.75) is 44.1 Å². The summed E-state index contributed by atoms with van der Waals surface area (Å²) in [6.45, 7) is 7.24. The summed E-state index contributed by atoms with van der Waals surface area (Å²) < 4.78 is 43.8. The number of benzene rings is 1. The Morgan fingerprint density at radius 3 is 2.24 bits per heavy atom. The molecule has 2 heterocycles. The molecule has 0 aliphatic carbocycles. The molecule has 1 aromatic carbocycles. The molecule has 10 nitrogen and oxygen atoms in total. The highest BCUT2D eigenvalue weighted by molar-refractivity contribution is 7.89. The number of nitrogens with zero attached hydrogens (tertiary/aromatic N) is 3. The van der Waals surface area contributed by atoms with Crippen molar-refractivity contribution in [1.82, 2.24) is 14.1 Å². The average molecular weight is 498 g/mol. The van der Waals surface area contributed by atoms with Crippen molar-refractivity contribution in [3.63, 3.8) is 0 Å². The fraction of sp³-hybridized carbons (Fsp3) is 0.652. The molecule has 2 aliphatic rings. The van der Waals surface area contributed by atoms with Gasteiger partial charge in [-0.15, -0.1) is 0 Å². The van der Waals surface area contributed by atoms with Crippen molar-refractivity contribution in [2.75, 3.05) is 53.5 Å². The number of hydrogen-bond acceptors (Lipinski definition) is 7. The normalized spacial score (nSPS) is 20.1. The molecule has 11 heteroatoms. The number of amides is 2. The minimum Gasteiger partial charge on any atom is -0.497 e. The number of methoxy groups -OCH3 is 2. The largest absolute Gasteiger partial charge is 0.497 e. The van der Waals surface area contributed by atoms with Crippen LogP contribution in [0.15, 0.2) is 23.1 Å². The summed E-state index contributed by atoms with van der Waals surface area (Å²) in [6.07, 6.45) is 1.00. The van der Waals surface area contributed by atoms with Crippen molar-refractivity contribution in [3.8, 4) is 11.5 Å². The lowest BCUT2D eigenvalue weighted by Crippen LogP contribution is -2.54. The molecule has 0 aromatic heterocycles. The van der Waals surface area contributed by atoms with Gasteiger partial charge in [0.25, 0.3) is 0 Å². The first-order valence-electron chi connectivity index (χ1n) is 11.4. The van der Waals surface area contributed by atoms with E-state index in [0.29, 0.717) is 25.3 Å². The maximum absolute atomic E-state index is 13.3. The van der Waals surface area contributed by atoms with E-state index < -0.39 is 21.7 Å². The Bertz CT molecular complexity index is 998. The number of piperazine rings is 1. The molecule has 2 saturated heterocycles. The average Bonchev–Trinajstić information content (AvgIpc) is 2.82. The fourth-order valence-corrected chi connectivity index (χ4v) is 5.80. The van der Waals surface area contributed by atoms with Crippen molar-refractivity contribution < 1.29 is 32.2 Å². The van der Waals surface area contributed by atoms with Gasteiger partial charge in [-0.1, -0.05) is 0 Å². The molecular formula is C23H35N3O7S. The molecule has 190 valence electrons.